The number of hydrogen-bond donors (Lipinski definition) is 2. The maximum atomic E-state index is 5.60. The van der Waals surface area contributed by atoms with E-state index in [-0.39, 0.29) is 0 Å². The molecule has 0 unspecified atom stereocenters. The van der Waals surface area contributed by atoms with Gasteiger partial charge in [-0.2, -0.15) is 0 Å². The Kier molecular flexibility index (Phi) is 3.34. The van der Waals surface area contributed by atoms with Crippen molar-refractivity contribution < 1.29 is 0 Å². The Labute approximate surface area is 73.8 Å². The van der Waals surface area contributed by atoms with Crippen LogP contribution in [0.15, 0.2) is 4.99 Å². The van der Waals surface area contributed by atoms with Gasteiger partial charge in [-0.3, -0.25) is 9.89 Å². The standard InChI is InChI=1S/C8H18N4/c1-3-10-8(9)11-7-5-12(4-2)6-7/h7H,3-6H2,1-2H3,(H3,9,10,11). The van der Waals surface area contributed by atoms with E-state index in [9.17, 15) is 0 Å². The Bertz CT molecular complexity index is 160. The molecule has 1 rings (SSSR count). The normalized spacial score (nSPS) is 20.7. The van der Waals surface area contributed by atoms with E-state index in [1.54, 1.807) is 0 Å². The smallest absolute Gasteiger partial charge is 0.188 e. The van der Waals surface area contributed by atoms with Crippen LogP contribution in [0, 0.1) is 0 Å². The topological polar surface area (TPSA) is 53.6 Å². The Morgan fingerprint density at radius 1 is 1.58 bits per heavy atom. The number of nitrogens with one attached hydrogen (secondary N) is 1. The third-order valence-electron chi connectivity index (χ3n) is 2.08. The zero-order valence-electron chi connectivity index (χ0n) is 7.88. The molecule has 1 aliphatic heterocycles. The largest absolute Gasteiger partial charge is 0.370 e. The lowest BCUT2D eigenvalue weighted by Crippen LogP contribution is -2.60. The van der Waals surface area contributed by atoms with Crippen molar-refractivity contribution in [1.29, 1.82) is 0 Å². The molecule has 70 valence electrons. The second-order valence-electron chi connectivity index (χ2n) is 3.05. The van der Waals surface area contributed by atoms with Crippen LogP contribution in [0.1, 0.15) is 13.8 Å². The number of aliphatic imine (C=N–C) groups is 1. The minimum Gasteiger partial charge on any atom is -0.370 e. The van der Waals surface area contributed by atoms with Crippen molar-refractivity contribution >= 4 is 5.96 Å². The molecule has 1 saturated heterocycles. The summed E-state index contributed by atoms with van der Waals surface area (Å²) in [4.78, 5) is 6.42. The van der Waals surface area contributed by atoms with Gasteiger partial charge in [0.25, 0.3) is 0 Å². The highest BCUT2D eigenvalue weighted by molar-refractivity contribution is 5.78. The lowest BCUT2D eigenvalue weighted by molar-refractivity contribution is 0.147. The second-order valence-corrected chi connectivity index (χ2v) is 3.05. The minimum absolute atomic E-state index is 0.514. The molecule has 1 fully saturated rings. The first-order chi connectivity index (χ1) is 5.76. The molecule has 4 heteroatoms. The number of hydrogen-bond acceptors (Lipinski definition) is 2. The monoisotopic (exact) mass is 170 g/mol. The van der Waals surface area contributed by atoms with Gasteiger partial charge in [-0.05, 0) is 13.5 Å². The molecular formula is C8H18N4. The molecule has 0 aromatic heterocycles. The molecule has 3 N–H and O–H groups in total. The SMILES string of the molecule is CCN=C(N)NC1CN(CC)C1. The second kappa shape index (κ2) is 4.30. The fourth-order valence-electron chi connectivity index (χ4n) is 1.34. The first kappa shape index (κ1) is 9.32. The number of guanidine groups is 1. The van der Waals surface area contributed by atoms with Gasteiger partial charge in [-0.15, -0.1) is 0 Å². The highest BCUT2D eigenvalue weighted by Gasteiger charge is 2.24. The minimum atomic E-state index is 0.514. The van der Waals surface area contributed by atoms with Crippen molar-refractivity contribution in [2.45, 2.75) is 19.9 Å². The fourth-order valence-corrected chi connectivity index (χ4v) is 1.34. The molecule has 0 radical (unpaired) electrons. The lowest BCUT2D eigenvalue weighted by atomic mass is 10.1. The van der Waals surface area contributed by atoms with Gasteiger partial charge in [-0.25, -0.2) is 0 Å². The van der Waals surface area contributed by atoms with E-state index in [0.717, 1.165) is 26.2 Å². The Balaban J connectivity index is 2.14. The van der Waals surface area contributed by atoms with Gasteiger partial charge < -0.3 is 11.1 Å². The van der Waals surface area contributed by atoms with Crippen LogP contribution in [0.4, 0.5) is 0 Å². The van der Waals surface area contributed by atoms with Crippen LogP contribution >= 0.6 is 0 Å². The summed E-state index contributed by atoms with van der Waals surface area (Å²) in [6, 6.07) is 0.514. The van der Waals surface area contributed by atoms with Crippen LogP contribution < -0.4 is 11.1 Å². The van der Waals surface area contributed by atoms with Gasteiger partial charge in [0.1, 0.15) is 0 Å². The van der Waals surface area contributed by atoms with Crippen molar-refractivity contribution in [1.82, 2.24) is 10.2 Å². The van der Waals surface area contributed by atoms with Crippen LogP contribution in [0.5, 0.6) is 0 Å². The molecule has 0 amide bonds. The molecule has 0 aliphatic carbocycles. The van der Waals surface area contributed by atoms with E-state index in [0.29, 0.717) is 12.0 Å². The molecule has 0 spiro atoms. The van der Waals surface area contributed by atoms with Crippen molar-refractivity contribution in [2.75, 3.05) is 26.2 Å². The zero-order chi connectivity index (χ0) is 8.97. The van der Waals surface area contributed by atoms with Crippen LogP contribution in [-0.4, -0.2) is 43.1 Å². The van der Waals surface area contributed by atoms with Crippen LogP contribution in [-0.2, 0) is 0 Å². The molecule has 0 saturated carbocycles. The van der Waals surface area contributed by atoms with Gasteiger partial charge in [0.2, 0.25) is 0 Å². The molecule has 4 nitrogen and oxygen atoms in total. The number of likely N-dealkylation sites (N-methyl/N-ethyl adjacent to an activating group) is 1. The zero-order valence-corrected chi connectivity index (χ0v) is 7.88. The molecule has 0 atom stereocenters. The third kappa shape index (κ3) is 2.37. The summed E-state index contributed by atoms with van der Waals surface area (Å²) in [7, 11) is 0. The Morgan fingerprint density at radius 3 is 2.75 bits per heavy atom. The number of rotatable bonds is 3. The Morgan fingerprint density at radius 2 is 2.25 bits per heavy atom. The van der Waals surface area contributed by atoms with Gasteiger partial charge >= 0.3 is 0 Å². The molecular weight excluding hydrogens is 152 g/mol. The molecule has 1 aliphatic rings. The van der Waals surface area contributed by atoms with Gasteiger partial charge in [0.05, 0.1) is 6.04 Å². The quantitative estimate of drug-likeness (QED) is 0.448. The summed E-state index contributed by atoms with van der Waals surface area (Å²) in [5.41, 5.74) is 5.60. The first-order valence-electron chi connectivity index (χ1n) is 4.55. The predicted molar refractivity (Wildman–Crippen MR) is 51.2 cm³/mol. The highest BCUT2D eigenvalue weighted by atomic mass is 15.3. The van der Waals surface area contributed by atoms with Crippen molar-refractivity contribution in [2.24, 2.45) is 10.7 Å². The lowest BCUT2D eigenvalue weighted by Gasteiger charge is -2.38. The summed E-state index contributed by atoms with van der Waals surface area (Å²) in [5, 5.41) is 3.17. The average Bonchev–Trinajstić information content (AvgIpc) is 1.96. The molecule has 0 aromatic carbocycles. The summed E-state index contributed by atoms with van der Waals surface area (Å²) >= 11 is 0. The van der Waals surface area contributed by atoms with Crippen LogP contribution in [0.2, 0.25) is 0 Å². The number of nitrogens with zero attached hydrogens (tertiary/aromatic N) is 2. The summed E-state index contributed by atoms with van der Waals surface area (Å²) in [6.07, 6.45) is 0. The fraction of sp³-hybridized carbons (Fsp3) is 0.875. The van der Waals surface area contributed by atoms with Crippen molar-refractivity contribution in [3.05, 3.63) is 0 Å². The maximum Gasteiger partial charge on any atom is 0.188 e. The first-order valence-corrected chi connectivity index (χ1v) is 4.55. The van der Waals surface area contributed by atoms with Crippen molar-refractivity contribution in [3.63, 3.8) is 0 Å². The maximum absolute atomic E-state index is 5.60. The summed E-state index contributed by atoms with van der Waals surface area (Å²) in [5.74, 6) is 0.582. The van der Waals surface area contributed by atoms with E-state index in [1.807, 2.05) is 6.92 Å². The molecule has 0 bridgehead atoms. The molecule has 1 heterocycles. The van der Waals surface area contributed by atoms with Gasteiger partial charge in [-0.1, -0.05) is 6.92 Å². The van der Waals surface area contributed by atoms with Gasteiger partial charge in [0, 0.05) is 19.6 Å². The highest BCUT2D eigenvalue weighted by Crippen LogP contribution is 2.05. The molecule has 12 heavy (non-hydrogen) atoms. The van der Waals surface area contributed by atoms with E-state index in [2.05, 4.69) is 22.1 Å². The molecule has 0 aromatic rings. The summed E-state index contributed by atoms with van der Waals surface area (Å²) in [6.45, 7) is 8.21. The number of likely N-dealkylation sites (tertiary alicyclic amines) is 1. The van der Waals surface area contributed by atoms with E-state index < -0.39 is 0 Å². The van der Waals surface area contributed by atoms with Gasteiger partial charge in [0.15, 0.2) is 5.96 Å². The number of nitrogens with two attached hydrogens (primary N) is 1. The van der Waals surface area contributed by atoms with E-state index >= 15 is 0 Å². The predicted octanol–water partition coefficient (Wildman–Crippen LogP) is -0.385. The van der Waals surface area contributed by atoms with E-state index in [1.165, 1.54) is 0 Å². The van der Waals surface area contributed by atoms with Crippen LogP contribution in [0.25, 0.3) is 0 Å². The third-order valence-corrected chi connectivity index (χ3v) is 2.08. The van der Waals surface area contributed by atoms with Crippen molar-refractivity contribution in [3.8, 4) is 0 Å². The van der Waals surface area contributed by atoms with E-state index in [4.69, 9.17) is 5.73 Å². The Hall–Kier alpha value is -0.770. The average molecular weight is 170 g/mol. The summed E-state index contributed by atoms with van der Waals surface area (Å²) < 4.78 is 0. The van der Waals surface area contributed by atoms with Crippen LogP contribution in [0.3, 0.4) is 0 Å².